The summed E-state index contributed by atoms with van der Waals surface area (Å²) in [6.45, 7) is 0. The summed E-state index contributed by atoms with van der Waals surface area (Å²) in [5.74, 6) is 0.604. The summed E-state index contributed by atoms with van der Waals surface area (Å²) in [5, 5.41) is 2.84. The Kier molecular flexibility index (Phi) is 4.93. The highest BCUT2D eigenvalue weighted by Gasteiger charge is 2.12. The lowest BCUT2D eigenvalue weighted by Gasteiger charge is -2.12. The number of hydrogen-bond acceptors (Lipinski definition) is 2. The van der Waals surface area contributed by atoms with Gasteiger partial charge in [0.05, 0.1) is 16.6 Å². The van der Waals surface area contributed by atoms with Crippen LogP contribution < -0.4 is 5.56 Å². The van der Waals surface area contributed by atoms with Crippen molar-refractivity contribution in [3.63, 3.8) is 0 Å². The molecule has 0 fully saturated rings. The number of halogens is 1. The zero-order valence-corrected chi connectivity index (χ0v) is 18.2. The number of fused-ring (bicyclic) bond motifs is 2. The van der Waals surface area contributed by atoms with Crippen LogP contribution in [0.15, 0.2) is 95.8 Å². The van der Waals surface area contributed by atoms with Gasteiger partial charge in [-0.05, 0) is 75.3 Å². The molecule has 3 nitrogen and oxygen atoms in total. The number of rotatable bonds is 3. The van der Waals surface area contributed by atoms with Gasteiger partial charge in [0.2, 0.25) is 0 Å². The third-order valence-electron chi connectivity index (χ3n) is 5.07. The first kappa shape index (κ1) is 18.8. The lowest BCUT2D eigenvalue weighted by molar-refractivity contribution is 0.945. The molecule has 1 aromatic heterocycles. The minimum atomic E-state index is -0.0680. The summed E-state index contributed by atoms with van der Waals surface area (Å²) in [5.41, 5.74) is 2.49. The van der Waals surface area contributed by atoms with Gasteiger partial charge in [-0.1, -0.05) is 66.7 Å². The van der Waals surface area contributed by atoms with Crippen molar-refractivity contribution in [2.24, 2.45) is 0 Å². The minimum absolute atomic E-state index is 0.0680. The van der Waals surface area contributed by atoms with E-state index in [0.717, 1.165) is 25.6 Å². The molecule has 0 aliphatic carbocycles. The standard InChI is InChI=1S/C26H17IN2O/c27-21-12-14-24-23(17-21)26(30)29(22-13-11-19-8-4-5-9-20(19)16-22)25(28-24)15-10-18-6-2-1-3-7-18/h1-17H/b15-10+. The summed E-state index contributed by atoms with van der Waals surface area (Å²) in [6.07, 6.45) is 3.89. The van der Waals surface area contributed by atoms with E-state index in [9.17, 15) is 4.79 Å². The average Bonchev–Trinajstić information content (AvgIpc) is 2.78. The van der Waals surface area contributed by atoms with Gasteiger partial charge in [0.1, 0.15) is 5.82 Å². The smallest absolute Gasteiger partial charge is 0.266 e. The van der Waals surface area contributed by atoms with Crippen LogP contribution >= 0.6 is 22.6 Å². The SMILES string of the molecule is O=c1c2cc(I)ccc2nc(/C=C/c2ccccc2)n1-c1ccc2ccccc2c1. The van der Waals surface area contributed by atoms with Crippen molar-refractivity contribution < 1.29 is 0 Å². The second kappa shape index (κ2) is 7.88. The number of nitrogens with zero attached hydrogens (tertiary/aromatic N) is 2. The fraction of sp³-hybridized carbons (Fsp3) is 0. The van der Waals surface area contributed by atoms with E-state index in [4.69, 9.17) is 4.98 Å². The van der Waals surface area contributed by atoms with Gasteiger partial charge in [0.25, 0.3) is 5.56 Å². The first-order chi connectivity index (χ1) is 14.7. The second-order valence-electron chi connectivity index (χ2n) is 7.05. The van der Waals surface area contributed by atoms with Crippen molar-refractivity contribution in [2.75, 3.05) is 0 Å². The van der Waals surface area contributed by atoms with Gasteiger partial charge in [0.15, 0.2) is 0 Å². The molecule has 0 saturated carbocycles. The molecule has 0 atom stereocenters. The van der Waals surface area contributed by atoms with Crippen molar-refractivity contribution >= 4 is 56.4 Å². The van der Waals surface area contributed by atoms with E-state index < -0.39 is 0 Å². The van der Waals surface area contributed by atoms with E-state index >= 15 is 0 Å². The molecular weight excluding hydrogens is 483 g/mol. The summed E-state index contributed by atoms with van der Waals surface area (Å²) < 4.78 is 2.71. The molecule has 0 unspecified atom stereocenters. The third-order valence-corrected chi connectivity index (χ3v) is 5.74. The molecule has 30 heavy (non-hydrogen) atoms. The van der Waals surface area contributed by atoms with Crippen molar-refractivity contribution in [3.05, 3.63) is 116 Å². The van der Waals surface area contributed by atoms with Crippen LogP contribution in [0.3, 0.4) is 0 Å². The maximum atomic E-state index is 13.5. The molecule has 0 radical (unpaired) electrons. The highest BCUT2D eigenvalue weighted by atomic mass is 127. The van der Waals surface area contributed by atoms with Crippen LogP contribution in [0.4, 0.5) is 0 Å². The van der Waals surface area contributed by atoms with Crippen LogP contribution in [-0.4, -0.2) is 9.55 Å². The van der Waals surface area contributed by atoms with E-state index in [1.165, 1.54) is 0 Å². The van der Waals surface area contributed by atoms with Crippen molar-refractivity contribution in [1.29, 1.82) is 0 Å². The zero-order chi connectivity index (χ0) is 20.5. The lowest BCUT2D eigenvalue weighted by atomic mass is 10.1. The van der Waals surface area contributed by atoms with Gasteiger partial charge in [0, 0.05) is 3.57 Å². The normalized spacial score (nSPS) is 11.5. The third kappa shape index (κ3) is 3.55. The molecule has 1 heterocycles. The molecule has 5 rings (SSSR count). The van der Waals surface area contributed by atoms with Crippen LogP contribution in [0.25, 0.3) is 39.5 Å². The van der Waals surface area contributed by atoms with Gasteiger partial charge in [-0.2, -0.15) is 0 Å². The molecule has 5 aromatic rings. The molecule has 0 bridgehead atoms. The Morgan fingerprint density at radius 3 is 2.37 bits per heavy atom. The Labute approximate surface area is 187 Å². The zero-order valence-electron chi connectivity index (χ0n) is 16.0. The maximum absolute atomic E-state index is 13.5. The average molecular weight is 500 g/mol. The van der Waals surface area contributed by atoms with Crippen LogP contribution in [0.5, 0.6) is 0 Å². The van der Waals surface area contributed by atoms with E-state index in [1.54, 1.807) is 4.57 Å². The van der Waals surface area contributed by atoms with Crippen LogP contribution in [0.1, 0.15) is 11.4 Å². The van der Waals surface area contributed by atoms with Crippen LogP contribution in [-0.2, 0) is 0 Å². The van der Waals surface area contributed by atoms with Gasteiger partial charge < -0.3 is 0 Å². The molecule has 0 aliphatic rings. The van der Waals surface area contributed by atoms with Gasteiger partial charge >= 0.3 is 0 Å². The predicted molar refractivity (Wildman–Crippen MR) is 133 cm³/mol. The number of aromatic nitrogens is 2. The highest BCUT2D eigenvalue weighted by molar-refractivity contribution is 14.1. The Hall–Kier alpha value is -3.25. The molecule has 4 aromatic carbocycles. The first-order valence-corrected chi connectivity index (χ1v) is 10.7. The van der Waals surface area contributed by atoms with E-state index in [1.807, 2.05) is 91.0 Å². The maximum Gasteiger partial charge on any atom is 0.266 e. The van der Waals surface area contributed by atoms with Gasteiger partial charge in [-0.25, -0.2) is 4.98 Å². The first-order valence-electron chi connectivity index (χ1n) is 9.64. The largest absolute Gasteiger partial charge is 0.268 e. The highest BCUT2D eigenvalue weighted by Crippen LogP contribution is 2.21. The quantitative estimate of drug-likeness (QED) is 0.272. The van der Waals surface area contributed by atoms with Crippen molar-refractivity contribution in [3.8, 4) is 5.69 Å². The van der Waals surface area contributed by atoms with Crippen LogP contribution in [0.2, 0.25) is 0 Å². The summed E-state index contributed by atoms with van der Waals surface area (Å²) in [7, 11) is 0. The summed E-state index contributed by atoms with van der Waals surface area (Å²) in [6, 6.07) is 30.0. The second-order valence-corrected chi connectivity index (χ2v) is 8.29. The lowest BCUT2D eigenvalue weighted by Crippen LogP contribution is -2.22. The molecule has 0 aliphatic heterocycles. The predicted octanol–water partition coefficient (Wildman–Crippen LogP) is 6.31. The summed E-state index contributed by atoms with van der Waals surface area (Å²) >= 11 is 2.23. The van der Waals surface area contributed by atoms with Gasteiger partial charge in [-0.15, -0.1) is 0 Å². The van der Waals surface area contributed by atoms with E-state index in [-0.39, 0.29) is 5.56 Å². The number of hydrogen-bond donors (Lipinski definition) is 0. The van der Waals surface area contributed by atoms with Gasteiger partial charge in [-0.3, -0.25) is 9.36 Å². The molecule has 0 spiro atoms. The molecule has 0 saturated heterocycles. The monoisotopic (exact) mass is 500 g/mol. The molecular formula is C26H17IN2O. The summed E-state index contributed by atoms with van der Waals surface area (Å²) in [4.78, 5) is 18.4. The Balaban J connectivity index is 1.77. The topological polar surface area (TPSA) is 34.9 Å². The van der Waals surface area contributed by atoms with Crippen molar-refractivity contribution in [1.82, 2.24) is 9.55 Å². The molecule has 144 valence electrons. The number of benzene rings is 4. The van der Waals surface area contributed by atoms with Crippen molar-refractivity contribution in [2.45, 2.75) is 0 Å². The Morgan fingerprint density at radius 1 is 0.767 bits per heavy atom. The Morgan fingerprint density at radius 2 is 1.53 bits per heavy atom. The molecule has 0 amide bonds. The molecule has 4 heteroatoms. The fourth-order valence-electron chi connectivity index (χ4n) is 3.59. The van der Waals surface area contributed by atoms with E-state index in [0.29, 0.717) is 16.7 Å². The Bertz CT molecular complexity index is 1470. The minimum Gasteiger partial charge on any atom is -0.268 e. The fourth-order valence-corrected chi connectivity index (χ4v) is 4.08. The van der Waals surface area contributed by atoms with Crippen LogP contribution in [0, 0.1) is 3.57 Å². The van der Waals surface area contributed by atoms with E-state index in [2.05, 4.69) is 34.7 Å². The molecule has 0 N–H and O–H groups in total.